The highest BCUT2D eigenvalue weighted by Crippen LogP contribution is 2.21. The van der Waals surface area contributed by atoms with E-state index in [4.69, 9.17) is 9.84 Å². The molecule has 0 radical (unpaired) electrons. The lowest BCUT2D eigenvalue weighted by molar-refractivity contribution is -0.149. The minimum absolute atomic E-state index is 0.0249. The lowest BCUT2D eigenvalue weighted by atomic mass is 9.97. The zero-order chi connectivity index (χ0) is 16.1. The first-order chi connectivity index (χ1) is 10.5. The van der Waals surface area contributed by atoms with E-state index in [0.717, 1.165) is 43.9 Å². The van der Waals surface area contributed by atoms with E-state index in [1.807, 2.05) is 6.92 Å². The summed E-state index contributed by atoms with van der Waals surface area (Å²) in [5.74, 6) is -0.961. The van der Waals surface area contributed by atoms with E-state index in [1.54, 1.807) is 6.92 Å². The number of piperidine rings is 1. The SMILES string of the molecule is CCOC(=O)C1CCN(CCc2nc(C)c(C(=O)O)s2)CC1. The molecule has 1 aliphatic heterocycles. The summed E-state index contributed by atoms with van der Waals surface area (Å²) in [7, 11) is 0. The Labute approximate surface area is 134 Å². The number of aromatic nitrogens is 1. The van der Waals surface area contributed by atoms with Gasteiger partial charge in [-0.1, -0.05) is 0 Å². The third-order valence-electron chi connectivity index (χ3n) is 3.88. The lowest BCUT2D eigenvalue weighted by Gasteiger charge is -2.30. The molecule has 1 aromatic heterocycles. The highest BCUT2D eigenvalue weighted by Gasteiger charge is 2.26. The molecule has 0 aromatic carbocycles. The topological polar surface area (TPSA) is 79.7 Å². The summed E-state index contributed by atoms with van der Waals surface area (Å²) in [6.45, 7) is 6.60. The monoisotopic (exact) mass is 326 g/mol. The van der Waals surface area contributed by atoms with Gasteiger partial charge in [0.1, 0.15) is 4.88 Å². The summed E-state index contributed by atoms with van der Waals surface area (Å²) in [5, 5.41) is 9.90. The van der Waals surface area contributed by atoms with Crippen LogP contribution in [0.15, 0.2) is 0 Å². The summed E-state index contributed by atoms with van der Waals surface area (Å²) in [6, 6.07) is 0. The van der Waals surface area contributed by atoms with E-state index in [2.05, 4.69) is 9.88 Å². The van der Waals surface area contributed by atoms with Gasteiger partial charge >= 0.3 is 11.9 Å². The Morgan fingerprint density at radius 2 is 2.09 bits per heavy atom. The van der Waals surface area contributed by atoms with Gasteiger partial charge in [-0.05, 0) is 39.8 Å². The molecule has 0 spiro atoms. The number of carboxylic acids is 1. The first-order valence-corrected chi connectivity index (χ1v) is 8.41. The molecule has 2 heterocycles. The number of thiazole rings is 1. The van der Waals surface area contributed by atoms with Crippen molar-refractivity contribution in [2.75, 3.05) is 26.2 Å². The Balaban J connectivity index is 1.78. The summed E-state index contributed by atoms with van der Waals surface area (Å²) < 4.78 is 5.06. The number of nitrogens with zero attached hydrogens (tertiary/aromatic N) is 2. The van der Waals surface area contributed by atoms with Crippen LogP contribution in [0, 0.1) is 12.8 Å². The Morgan fingerprint density at radius 1 is 1.41 bits per heavy atom. The second-order valence-corrected chi connectivity index (χ2v) is 6.53. The van der Waals surface area contributed by atoms with Gasteiger partial charge in [-0.15, -0.1) is 11.3 Å². The van der Waals surface area contributed by atoms with Crippen molar-refractivity contribution < 1.29 is 19.4 Å². The standard InChI is InChI=1S/C15H22N2O4S/c1-3-21-15(20)11-4-7-17(8-5-11)9-6-12-16-10(2)13(22-12)14(18)19/h11H,3-9H2,1-2H3,(H,18,19). The fourth-order valence-corrected chi connectivity index (χ4v) is 3.56. The summed E-state index contributed by atoms with van der Waals surface area (Å²) >= 11 is 1.26. The van der Waals surface area contributed by atoms with Crippen molar-refractivity contribution in [3.63, 3.8) is 0 Å². The van der Waals surface area contributed by atoms with Gasteiger partial charge in [0.05, 0.1) is 23.2 Å². The van der Waals surface area contributed by atoms with Crippen LogP contribution in [0.3, 0.4) is 0 Å². The molecule has 0 saturated carbocycles. The third kappa shape index (κ3) is 4.27. The number of carboxylic acid groups (broad SMARTS) is 1. The normalized spacial score (nSPS) is 16.6. The van der Waals surface area contributed by atoms with Crippen LogP contribution in [0.2, 0.25) is 0 Å². The number of hydrogen-bond donors (Lipinski definition) is 1. The molecule has 1 fully saturated rings. The molecule has 0 bridgehead atoms. The number of aromatic carboxylic acids is 1. The number of esters is 1. The lowest BCUT2D eigenvalue weighted by Crippen LogP contribution is -2.38. The number of carbonyl (C=O) groups is 2. The van der Waals surface area contributed by atoms with Crippen molar-refractivity contribution in [3.05, 3.63) is 15.6 Å². The van der Waals surface area contributed by atoms with Gasteiger partial charge < -0.3 is 14.7 Å². The summed E-state index contributed by atoms with van der Waals surface area (Å²) in [6.07, 6.45) is 2.41. The number of hydrogen-bond acceptors (Lipinski definition) is 6. The molecule has 1 saturated heterocycles. The van der Waals surface area contributed by atoms with Crippen molar-refractivity contribution in [1.82, 2.24) is 9.88 Å². The second kappa shape index (κ2) is 7.69. The van der Waals surface area contributed by atoms with Crippen LogP contribution in [-0.2, 0) is 16.0 Å². The molecule has 0 unspecified atom stereocenters. The number of likely N-dealkylation sites (tertiary alicyclic amines) is 1. The van der Waals surface area contributed by atoms with Gasteiger partial charge in [0.2, 0.25) is 0 Å². The maximum absolute atomic E-state index is 11.7. The van der Waals surface area contributed by atoms with Gasteiger partial charge in [0.15, 0.2) is 0 Å². The van der Waals surface area contributed by atoms with Gasteiger partial charge in [-0.2, -0.15) is 0 Å². The average Bonchev–Trinajstić information content (AvgIpc) is 2.87. The van der Waals surface area contributed by atoms with Crippen LogP contribution in [0.25, 0.3) is 0 Å². The van der Waals surface area contributed by atoms with E-state index in [1.165, 1.54) is 11.3 Å². The Kier molecular flexibility index (Phi) is 5.90. The van der Waals surface area contributed by atoms with Crippen LogP contribution in [0.4, 0.5) is 0 Å². The van der Waals surface area contributed by atoms with Crippen molar-refractivity contribution >= 4 is 23.3 Å². The first-order valence-electron chi connectivity index (χ1n) is 7.59. The molecule has 0 aliphatic carbocycles. The van der Waals surface area contributed by atoms with E-state index in [0.29, 0.717) is 17.2 Å². The van der Waals surface area contributed by atoms with Crippen LogP contribution in [-0.4, -0.2) is 53.2 Å². The molecule has 22 heavy (non-hydrogen) atoms. The van der Waals surface area contributed by atoms with Crippen molar-refractivity contribution in [2.45, 2.75) is 33.1 Å². The van der Waals surface area contributed by atoms with Crippen molar-refractivity contribution in [2.24, 2.45) is 5.92 Å². The fraction of sp³-hybridized carbons (Fsp3) is 0.667. The fourth-order valence-electron chi connectivity index (χ4n) is 2.66. The van der Waals surface area contributed by atoms with Crippen LogP contribution in [0.5, 0.6) is 0 Å². The molecule has 1 aromatic rings. The molecule has 1 aliphatic rings. The molecule has 0 amide bonds. The first kappa shape index (κ1) is 16.9. The second-order valence-electron chi connectivity index (χ2n) is 5.45. The molecule has 1 N–H and O–H groups in total. The Morgan fingerprint density at radius 3 is 2.64 bits per heavy atom. The molecule has 7 heteroatoms. The maximum Gasteiger partial charge on any atom is 0.347 e. The molecule has 6 nitrogen and oxygen atoms in total. The van der Waals surface area contributed by atoms with Gasteiger partial charge in [0.25, 0.3) is 0 Å². The molecular weight excluding hydrogens is 304 g/mol. The van der Waals surface area contributed by atoms with E-state index in [9.17, 15) is 9.59 Å². The van der Waals surface area contributed by atoms with Gasteiger partial charge in [0, 0.05) is 13.0 Å². The average molecular weight is 326 g/mol. The molecule has 2 rings (SSSR count). The predicted molar refractivity (Wildman–Crippen MR) is 83.3 cm³/mol. The van der Waals surface area contributed by atoms with Gasteiger partial charge in [-0.25, -0.2) is 9.78 Å². The number of aryl methyl sites for hydroxylation is 1. The molecule has 0 atom stereocenters. The highest BCUT2D eigenvalue weighted by atomic mass is 32.1. The van der Waals surface area contributed by atoms with Crippen LogP contribution >= 0.6 is 11.3 Å². The minimum atomic E-state index is -0.906. The zero-order valence-electron chi connectivity index (χ0n) is 13.0. The van der Waals surface area contributed by atoms with Crippen LogP contribution in [0.1, 0.15) is 40.1 Å². The molecular formula is C15H22N2O4S. The van der Waals surface area contributed by atoms with Crippen LogP contribution < -0.4 is 0 Å². The third-order valence-corrected chi connectivity index (χ3v) is 5.09. The van der Waals surface area contributed by atoms with E-state index in [-0.39, 0.29) is 11.9 Å². The Hall–Kier alpha value is -1.47. The number of rotatable bonds is 6. The maximum atomic E-state index is 11.7. The summed E-state index contributed by atoms with van der Waals surface area (Å²) in [4.78, 5) is 29.6. The van der Waals surface area contributed by atoms with Crippen molar-refractivity contribution in [3.8, 4) is 0 Å². The van der Waals surface area contributed by atoms with E-state index < -0.39 is 5.97 Å². The zero-order valence-corrected chi connectivity index (χ0v) is 13.8. The Bertz CT molecular complexity index is 536. The smallest absolute Gasteiger partial charge is 0.347 e. The van der Waals surface area contributed by atoms with Gasteiger partial charge in [-0.3, -0.25) is 4.79 Å². The molecule has 122 valence electrons. The van der Waals surface area contributed by atoms with Crippen molar-refractivity contribution in [1.29, 1.82) is 0 Å². The predicted octanol–water partition coefficient (Wildman–Crippen LogP) is 1.97. The largest absolute Gasteiger partial charge is 0.477 e. The number of carbonyl (C=O) groups excluding carboxylic acids is 1. The highest BCUT2D eigenvalue weighted by molar-refractivity contribution is 7.13. The number of ether oxygens (including phenoxy) is 1. The minimum Gasteiger partial charge on any atom is -0.477 e. The van der Waals surface area contributed by atoms with E-state index >= 15 is 0 Å². The summed E-state index contributed by atoms with van der Waals surface area (Å²) in [5.41, 5.74) is 0.591. The quantitative estimate of drug-likeness (QED) is 0.805.